The maximum atomic E-state index is 15.1. The molecular weight excluding hydrogens is 419 g/mol. The molecule has 1 aliphatic rings. The van der Waals surface area contributed by atoms with Crippen LogP contribution in [0.5, 0.6) is 0 Å². The van der Waals surface area contributed by atoms with Gasteiger partial charge in [-0.3, -0.25) is 4.79 Å². The zero-order valence-corrected chi connectivity index (χ0v) is 18.2. The van der Waals surface area contributed by atoms with Gasteiger partial charge in [-0.25, -0.2) is 14.4 Å². The Balaban J connectivity index is 1.72. The van der Waals surface area contributed by atoms with Crippen molar-refractivity contribution < 1.29 is 14.3 Å². The third kappa shape index (κ3) is 4.20. The van der Waals surface area contributed by atoms with Gasteiger partial charge in [-0.2, -0.15) is 0 Å². The molecule has 4 rings (SSSR count). The minimum Gasteiger partial charge on any atom is -0.394 e. The van der Waals surface area contributed by atoms with Gasteiger partial charge in [0.15, 0.2) is 5.82 Å². The van der Waals surface area contributed by atoms with Crippen LogP contribution >= 0.6 is 11.6 Å². The first-order valence-electron chi connectivity index (χ1n) is 10.3. The minimum absolute atomic E-state index is 0.0887. The molecule has 31 heavy (non-hydrogen) atoms. The van der Waals surface area contributed by atoms with E-state index < -0.39 is 5.82 Å². The molecule has 1 amide bonds. The number of hydrogen-bond acceptors (Lipinski definition) is 5. The Hall–Kier alpha value is -2.77. The number of aliphatic hydroxyl groups excluding tert-OH is 1. The fourth-order valence-electron chi connectivity index (χ4n) is 4.00. The Morgan fingerprint density at radius 1 is 1.23 bits per heavy atom. The quantitative estimate of drug-likeness (QED) is 0.657. The second kappa shape index (κ2) is 8.77. The van der Waals surface area contributed by atoms with E-state index in [0.29, 0.717) is 22.9 Å². The Labute approximate surface area is 185 Å². The van der Waals surface area contributed by atoms with Gasteiger partial charge in [-0.05, 0) is 55.7 Å². The number of nitrogens with zero attached hydrogens (tertiary/aromatic N) is 4. The number of benzene rings is 2. The molecule has 6 nitrogen and oxygen atoms in total. The Morgan fingerprint density at radius 2 is 2.03 bits per heavy atom. The molecule has 1 unspecified atom stereocenters. The summed E-state index contributed by atoms with van der Waals surface area (Å²) < 4.78 is 15.1. The summed E-state index contributed by atoms with van der Waals surface area (Å²) in [5, 5.41) is 10.9. The fourth-order valence-corrected chi connectivity index (χ4v) is 4.17. The number of amides is 1. The Bertz CT molecular complexity index is 1140. The number of fused-ring (bicyclic) bond motifs is 1. The van der Waals surface area contributed by atoms with Crippen molar-refractivity contribution in [3.8, 4) is 11.4 Å². The minimum atomic E-state index is -0.568. The van der Waals surface area contributed by atoms with Crippen molar-refractivity contribution in [2.75, 3.05) is 32.1 Å². The first-order valence-corrected chi connectivity index (χ1v) is 10.6. The highest BCUT2D eigenvalue weighted by atomic mass is 35.5. The van der Waals surface area contributed by atoms with Crippen molar-refractivity contribution in [3.05, 3.63) is 52.8 Å². The van der Waals surface area contributed by atoms with E-state index in [1.54, 1.807) is 29.2 Å². The summed E-state index contributed by atoms with van der Waals surface area (Å²) in [6, 6.07) is 9.43. The van der Waals surface area contributed by atoms with E-state index in [-0.39, 0.29) is 35.5 Å². The molecule has 0 spiro atoms. The van der Waals surface area contributed by atoms with Gasteiger partial charge in [-0.15, -0.1) is 0 Å². The molecule has 0 bridgehead atoms. The molecule has 3 aromatic rings. The highest BCUT2D eigenvalue weighted by Gasteiger charge is 2.27. The third-order valence-corrected chi connectivity index (χ3v) is 5.85. The highest BCUT2D eigenvalue weighted by molar-refractivity contribution is 6.31. The first kappa shape index (κ1) is 21.5. The maximum absolute atomic E-state index is 15.1. The van der Waals surface area contributed by atoms with Crippen molar-refractivity contribution in [1.29, 1.82) is 0 Å². The molecule has 162 valence electrons. The van der Waals surface area contributed by atoms with Crippen LogP contribution in [-0.4, -0.2) is 59.2 Å². The van der Waals surface area contributed by atoms with Crippen LogP contribution in [0.3, 0.4) is 0 Å². The molecule has 0 saturated carbocycles. The molecule has 1 atom stereocenters. The molecular formula is C23H24ClFN4O2. The standard InChI is InChI=1S/C23H24ClFN4O2/c1-28(2)22-18-12-15(24)7-9-20(18)26-21(27-22)17-8-6-14(11-19(17)25)23(31)29-10-4-3-5-16(29)13-30/h6-9,11-12,16,30H,3-5,10,13H2,1-2H3. The second-order valence-electron chi connectivity index (χ2n) is 7.95. The van der Waals surface area contributed by atoms with Crippen LogP contribution in [0.4, 0.5) is 10.2 Å². The van der Waals surface area contributed by atoms with E-state index in [0.717, 1.165) is 24.6 Å². The summed E-state index contributed by atoms with van der Waals surface area (Å²) in [5.74, 6) is 0.0241. The van der Waals surface area contributed by atoms with Gasteiger partial charge in [0.05, 0.1) is 23.7 Å². The van der Waals surface area contributed by atoms with Crippen molar-refractivity contribution in [3.63, 3.8) is 0 Å². The second-order valence-corrected chi connectivity index (χ2v) is 8.39. The lowest BCUT2D eigenvalue weighted by Crippen LogP contribution is -2.45. The van der Waals surface area contributed by atoms with Crippen LogP contribution in [0.1, 0.15) is 29.6 Å². The molecule has 2 heterocycles. The zero-order chi connectivity index (χ0) is 22.1. The summed E-state index contributed by atoms with van der Waals surface area (Å²) in [4.78, 5) is 25.4. The molecule has 0 radical (unpaired) electrons. The lowest BCUT2D eigenvalue weighted by molar-refractivity contribution is 0.0502. The number of piperidine rings is 1. The number of aliphatic hydroxyl groups is 1. The van der Waals surface area contributed by atoms with Crippen molar-refractivity contribution in [2.24, 2.45) is 0 Å². The summed E-state index contributed by atoms with van der Waals surface area (Å²) in [7, 11) is 3.70. The maximum Gasteiger partial charge on any atom is 0.254 e. The van der Waals surface area contributed by atoms with Crippen molar-refractivity contribution in [1.82, 2.24) is 14.9 Å². The van der Waals surface area contributed by atoms with Gasteiger partial charge in [-0.1, -0.05) is 11.6 Å². The number of rotatable bonds is 4. The molecule has 8 heteroatoms. The lowest BCUT2D eigenvalue weighted by atomic mass is 10.0. The van der Waals surface area contributed by atoms with E-state index >= 15 is 4.39 Å². The molecule has 1 aliphatic heterocycles. The van der Waals surface area contributed by atoms with E-state index in [9.17, 15) is 9.90 Å². The zero-order valence-electron chi connectivity index (χ0n) is 17.5. The van der Waals surface area contributed by atoms with Gasteiger partial charge < -0.3 is 14.9 Å². The summed E-state index contributed by atoms with van der Waals surface area (Å²) >= 11 is 6.12. The van der Waals surface area contributed by atoms with Gasteiger partial charge in [0.1, 0.15) is 11.6 Å². The molecule has 2 aromatic carbocycles. The van der Waals surface area contributed by atoms with Crippen molar-refractivity contribution >= 4 is 34.2 Å². The number of anilines is 1. The summed E-state index contributed by atoms with van der Waals surface area (Å²) in [6.07, 6.45) is 2.61. The first-order chi connectivity index (χ1) is 14.9. The van der Waals surface area contributed by atoms with Gasteiger partial charge in [0.2, 0.25) is 0 Å². The summed E-state index contributed by atoms with van der Waals surface area (Å²) in [6.45, 7) is 0.477. The number of carbonyl (C=O) groups is 1. The predicted octanol–water partition coefficient (Wildman–Crippen LogP) is 4.14. The largest absolute Gasteiger partial charge is 0.394 e. The van der Waals surface area contributed by atoms with Crippen LogP contribution in [0.25, 0.3) is 22.3 Å². The van der Waals surface area contributed by atoms with Gasteiger partial charge >= 0.3 is 0 Å². The van der Waals surface area contributed by atoms with Crippen LogP contribution < -0.4 is 4.90 Å². The SMILES string of the molecule is CN(C)c1nc(-c2ccc(C(=O)N3CCCCC3CO)cc2F)nc2ccc(Cl)cc12. The normalized spacial score (nSPS) is 16.5. The van der Waals surface area contributed by atoms with Crippen LogP contribution in [0, 0.1) is 5.82 Å². The summed E-state index contributed by atoms with van der Waals surface area (Å²) in [5.41, 5.74) is 1.12. The van der Waals surface area contributed by atoms with Crippen LogP contribution in [0.15, 0.2) is 36.4 Å². The number of halogens is 2. The lowest BCUT2D eigenvalue weighted by Gasteiger charge is -2.34. The Kier molecular flexibility index (Phi) is 6.07. The van der Waals surface area contributed by atoms with E-state index in [1.807, 2.05) is 19.0 Å². The van der Waals surface area contributed by atoms with Crippen LogP contribution in [-0.2, 0) is 0 Å². The smallest absolute Gasteiger partial charge is 0.254 e. The third-order valence-electron chi connectivity index (χ3n) is 5.62. The monoisotopic (exact) mass is 442 g/mol. The number of carbonyl (C=O) groups excluding carboxylic acids is 1. The Morgan fingerprint density at radius 3 is 2.74 bits per heavy atom. The predicted molar refractivity (Wildman–Crippen MR) is 120 cm³/mol. The number of likely N-dealkylation sites (tertiary alicyclic amines) is 1. The molecule has 0 aliphatic carbocycles. The van der Waals surface area contributed by atoms with E-state index in [2.05, 4.69) is 9.97 Å². The van der Waals surface area contributed by atoms with E-state index in [4.69, 9.17) is 11.6 Å². The number of aromatic nitrogens is 2. The molecule has 1 saturated heterocycles. The van der Waals surface area contributed by atoms with Crippen LogP contribution in [0.2, 0.25) is 5.02 Å². The number of hydrogen-bond donors (Lipinski definition) is 1. The molecule has 1 N–H and O–H groups in total. The van der Waals surface area contributed by atoms with E-state index in [1.165, 1.54) is 12.1 Å². The average molecular weight is 443 g/mol. The molecule has 1 aromatic heterocycles. The van der Waals surface area contributed by atoms with Gasteiger partial charge in [0.25, 0.3) is 5.91 Å². The topological polar surface area (TPSA) is 69.6 Å². The van der Waals surface area contributed by atoms with Crippen molar-refractivity contribution in [2.45, 2.75) is 25.3 Å². The highest BCUT2D eigenvalue weighted by Crippen LogP contribution is 2.30. The van der Waals surface area contributed by atoms with Gasteiger partial charge in [0, 0.05) is 36.6 Å². The molecule has 1 fully saturated rings. The fraction of sp³-hybridized carbons (Fsp3) is 0.348. The average Bonchev–Trinajstić information content (AvgIpc) is 2.77.